The molecule has 16 nitrogen and oxygen atoms in total. The third-order valence-electron chi connectivity index (χ3n) is 12.2. The molecule has 1 aliphatic heterocycles. The Morgan fingerprint density at radius 1 is 0.647 bits per heavy atom. The smallest absolute Gasteiger partial charge is 0.490 e. The first-order valence-corrected chi connectivity index (χ1v) is 24.0. The number of rotatable bonds is 10. The zero-order valence-electron chi connectivity index (χ0n) is 39.7. The summed E-state index contributed by atoms with van der Waals surface area (Å²) in [5, 5.41) is 35.1. The first-order valence-electron chi connectivity index (χ1n) is 22.9. The maximum Gasteiger partial charge on any atom is 0.494 e. The van der Waals surface area contributed by atoms with Crippen LogP contribution < -0.4 is 26.4 Å². The fourth-order valence-corrected chi connectivity index (χ4v) is 8.59. The van der Waals surface area contributed by atoms with Gasteiger partial charge in [-0.05, 0) is 161 Å². The molecule has 11 rings (SSSR count). The van der Waals surface area contributed by atoms with E-state index in [1.807, 2.05) is 12.1 Å². The van der Waals surface area contributed by atoms with Crippen LogP contribution in [-0.4, -0.2) is 91.4 Å². The van der Waals surface area contributed by atoms with E-state index in [2.05, 4.69) is 136 Å². The molecule has 0 unspecified atom stereocenters. The van der Waals surface area contributed by atoms with Gasteiger partial charge in [0.2, 0.25) is 0 Å². The molecule has 6 N–H and O–H groups in total. The number of fused-ring (bicyclic) bond motifs is 4. The minimum absolute atomic E-state index is 0.301. The molecule has 18 heteroatoms. The van der Waals surface area contributed by atoms with Crippen molar-refractivity contribution in [1.82, 2.24) is 39.5 Å². The number of aromatic nitrogens is 8. The zero-order chi connectivity index (χ0) is 48.3. The lowest BCUT2D eigenvalue weighted by molar-refractivity contribution is 0.00578. The summed E-state index contributed by atoms with van der Waals surface area (Å²) in [6, 6.07) is 24.9. The fraction of sp³-hybridized carbons (Fsp3) is 0.400. The van der Waals surface area contributed by atoms with Crippen LogP contribution in [0.1, 0.15) is 81.1 Å². The van der Waals surface area contributed by atoms with Crippen LogP contribution in [0.2, 0.25) is 0 Å². The molecule has 0 amide bonds. The largest absolute Gasteiger partial charge is 0.494 e. The summed E-state index contributed by atoms with van der Waals surface area (Å²) in [7, 11) is -0.313. The highest BCUT2D eigenvalue weighted by Gasteiger charge is 2.51. The van der Waals surface area contributed by atoms with Crippen molar-refractivity contribution < 1.29 is 29.0 Å². The number of nitrogens with zero attached hydrogens (tertiary/aromatic N) is 8. The number of nitrogens with two attached hydrogens (primary N) is 2. The van der Waals surface area contributed by atoms with E-state index in [0.29, 0.717) is 59.3 Å². The average Bonchev–Trinajstić information content (AvgIpc) is 4.19. The van der Waals surface area contributed by atoms with Gasteiger partial charge in [0.25, 0.3) is 0 Å². The average molecular weight is 1030 g/mol. The van der Waals surface area contributed by atoms with E-state index < -0.39 is 11.2 Å². The quantitative estimate of drug-likeness (QED) is 0.0754. The molecule has 0 radical (unpaired) electrons. The van der Waals surface area contributed by atoms with Crippen molar-refractivity contribution in [3.8, 4) is 22.8 Å². The molecular formula is C50H58BIN10O6. The third-order valence-corrected chi connectivity index (χ3v) is 13.0. The topological polar surface area (TPSA) is 217 Å². The number of hydrogen-bond acceptors (Lipinski definition) is 14. The minimum atomic E-state index is -0.933. The predicted octanol–water partition coefficient (Wildman–Crippen LogP) is 8.01. The van der Waals surface area contributed by atoms with E-state index in [4.69, 9.17) is 35.3 Å². The standard InChI is InChI=1S/C22H23N5O2.C19H23BO3.C9H12IN5O/c1-22(2,28)11-27-21-18(20(23)24-12-25-21)19(26-27)15-4-3-14-10-17(29-16-7-8-16)6-5-13(14)9-15;1-18(2)19(3,4)23-20(22-18)15-7-5-14-12-17(21-16-9-10-16)8-6-13(14)11-15;1-9(2,16)3-15-8-5(6(10)14-15)7(11)12-4-13-8/h3-6,9-10,12,16,28H,7-8,11H2,1-2H3,(H2,23,24,25);5-8,11-12,16H,9-10H2,1-4H3;4,16H,3H2,1-2H3,(H2,11,12,13). The number of halogens is 1. The van der Waals surface area contributed by atoms with Gasteiger partial charge in [0.1, 0.15) is 45.2 Å². The zero-order valence-corrected chi connectivity index (χ0v) is 41.9. The molecule has 4 aromatic carbocycles. The normalized spacial score (nSPS) is 16.7. The second-order valence-electron chi connectivity index (χ2n) is 20.2. The number of ether oxygens (including phenoxy) is 2. The molecule has 0 atom stereocenters. The molecule has 3 aliphatic rings. The summed E-state index contributed by atoms with van der Waals surface area (Å²) in [6.07, 6.45) is 8.26. The Morgan fingerprint density at radius 3 is 1.63 bits per heavy atom. The van der Waals surface area contributed by atoms with Crippen LogP contribution in [0.3, 0.4) is 0 Å². The van der Waals surface area contributed by atoms with Gasteiger partial charge in [-0.25, -0.2) is 29.3 Å². The molecule has 0 spiro atoms. The third kappa shape index (κ3) is 10.6. The Balaban J connectivity index is 0.000000133. The van der Waals surface area contributed by atoms with E-state index >= 15 is 0 Å². The molecule has 5 heterocycles. The second-order valence-corrected chi connectivity index (χ2v) is 21.2. The van der Waals surface area contributed by atoms with E-state index in [-0.39, 0.29) is 18.3 Å². The lowest BCUT2D eigenvalue weighted by Crippen LogP contribution is -2.41. The molecule has 354 valence electrons. The minimum Gasteiger partial charge on any atom is -0.490 e. The van der Waals surface area contributed by atoms with Crippen molar-refractivity contribution in [2.24, 2.45) is 0 Å². The van der Waals surface area contributed by atoms with Crippen molar-refractivity contribution in [3.63, 3.8) is 0 Å². The Bertz CT molecular complexity index is 3140. The Hall–Kier alpha value is -5.67. The Kier molecular flexibility index (Phi) is 12.6. The fourth-order valence-electron chi connectivity index (χ4n) is 7.81. The highest BCUT2D eigenvalue weighted by Crippen LogP contribution is 2.38. The van der Waals surface area contributed by atoms with Gasteiger partial charge >= 0.3 is 7.12 Å². The molecule has 0 bridgehead atoms. The Labute approximate surface area is 409 Å². The van der Waals surface area contributed by atoms with Crippen molar-refractivity contribution in [1.29, 1.82) is 0 Å². The number of hydrogen-bond donors (Lipinski definition) is 4. The predicted molar refractivity (Wildman–Crippen MR) is 275 cm³/mol. The van der Waals surface area contributed by atoms with Gasteiger partial charge in [-0.1, -0.05) is 42.5 Å². The maximum absolute atomic E-state index is 10.3. The molecule has 2 aliphatic carbocycles. The van der Waals surface area contributed by atoms with Crippen LogP contribution in [0.25, 0.3) is 54.9 Å². The van der Waals surface area contributed by atoms with Gasteiger partial charge in [-0.3, -0.25) is 0 Å². The summed E-state index contributed by atoms with van der Waals surface area (Å²) in [5.41, 5.74) is 13.5. The molecule has 2 saturated carbocycles. The summed E-state index contributed by atoms with van der Waals surface area (Å²) < 4.78 is 28.1. The maximum atomic E-state index is 10.3. The van der Waals surface area contributed by atoms with Crippen molar-refractivity contribution in [2.75, 3.05) is 11.5 Å². The number of benzene rings is 4. The molecule has 4 aromatic heterocycles. The highest BCUT2D eigenvalue weighted by molar-refractivity contribution is 14.1. The molecular weight excluding hydrogens is 974 g/mol. The summed E-state index contributed by atoms with van der Waals surface area (Å²) in [6.45, 7) is 15.9. The van der Waals surface area contributed by atoms with Crippen LogP contribution in [-0.2, 0) is 22.4 Å². The number of anilines is 2. The van der Waals surface area contributed by atoms with Gasteiger partial charge in [-0.2, -0.15) is 10.2 Å². The van der Waals surface area contributed by atoms with E-state index in [0.717, 1.165) is 55.2 Å². The van der Waals surface area contributed by atoms with Gasteiger partial charge in [0, 0.05) is 5.56 Å². The lowest BCUT2D eigenvalue weighted by Gasteiger charge is -2.32. The number of aliphatic hydroxyl groups is 2. The van der Waals surface area contributed by atoms with Crippen molar-refractivity contribution >= 4 is 90.4 Å². The van der Waals surface area contributed by atoms with Gasteiger partial charge in [0.15, 0.2) is 11.3 Å². The van der Waals surface area contributed by atoms with Crippen LogP contribution >= 0.6 is 22.6 Å². The SMILES string of the molecule is CC(C)(O)Cn1nc(-c2ccc3cc(OC4CC4)ccc3c2)c2c(N)ncnc21.CC(C)(O)Cn1nc(I)c2c(N)ncnc21.CC1(C)OB(c2ccc3cc(OC4CC4)ccc3c2)OC1(C)C. The molecule has 1 saturated heterocycles. The lowest BCUT2D eigenvalue weighted by atomic mass is 9.78. The second kappa shape index (κ2) is 18.0. The van der Waals surface area contributed by atoms with Crippen LogP contribution in [0, 0.1) is 3.70 Å². The van der Waals surface area contributed by atoms with Crippen molar-refractivity contribution in [3.05, 3.63) is 89.2 Å². The van der Waals surface area contributed by atoms with Gasteiger partial charge in [0.05, 0.1) is 58.5 Å². The summed E-state index contributed by atoms with van der Waals surface area (Å²) in [5.74, 6) is 2.66. The van der Waals surface area contributed by atoms with E-state index in [9.17, 15) is 10.2 Å². The van der Waals surface area contributed by atoms with Crippen LogP contribution in [0.5, 0.6) is 11.5 Å². The van der Waals surface area contributed by atoms with Gasteiger partial charge in [-0.15, -0.1) is 0 Å². The highest BCUT2D eigenvalue weighted by atomic mass is 127. The summed E-state index contributed by atoms with van der Waals surface area (Å²) >= 11 is 2.08. The van der Waals surface area contributed by atoms with Crippen LogP contribution in [0.4, 0.5) is 11.6 Å². The summed E-state index contributed by atoms with van der Waals surface area (Å²) in [4.78, 5) is 16.6. The molecule has 68 heavy (non-hydrogen) atoms. The van der Waals surface area contributed by atoms with E-state index in [1.54, 1.807) is 37.1 Å². The monoisotopic (exact) mass is 1030 g/mol. The molecule has 3 fully saturated rings. The Morgan fingerprint density at radius 2 is 1.10 bits per heavy atom. The first-order chi connectivity index (χ1) is 32.1. The molecule has 8 aromatic rings. The number of nitrogen functional groups attached to an aromatic ring is 2. The van der Waals surface area contributed by atoms with Crippen LogP contribution in [0.15, 0.2) is 85.5 Å². The van der Waals surface area contributed by atoms with Gasteiger partial charge < -0.3 is 40.5 Å². The van der Waals surface area contributed by atoms with E-state index in [1.165, 1.54) is 36.3 Å². The first kappa shape index (κ1) is 47.4. The van der Waals surface area contributed by atoms with Crippen molar-refractivity contribution in [2.45, 2.75) is 129 Å².